The van der Waals surface area contributed by atoms with Crippen molar-refractivity contribution in [2.45, 2.75) is 132 Å². The second kappa shape index (κ2) is 26.4. The summed E-state index contributed by atoms with van der Waals surface area (Å²) in [6, 6.07) is 84.0. The monoisotopic (exact) mass is 1320 g/mol. The molecule has 4 heterocycles. The minimum Gasteiger partial charge on any atom is -0.344 e. The molecule has 14 aromatic carbocycles. The number of hydrogen-bond donors (Lipinski definition) is 0. The lowest BCUT2D eigenvalue weighted by atomic mass is 9.66. The van der Waals surface area contributed by atoms with Crippen LogP contribution < -0.4 is 4.90 Å². The SMILES string of the molecule is CC(C)Cc1cc2c3c4ccccc4ccc3n(C)c2c2ccccc12.CCC1(CC)c2ccc(C(C)C)cc2N(C)c2ccc(C(C)C)cc21.CCc1cc2c(c3ccccc13)c1cc(CC)c3ccccc3c1n2C.Cc1ccc2c(ccc3c2c2ccc4cc(C)ccc4c2n3C)c1. The number of aryl methyl sites for hydroxylation is 7. The Balaban J connectivity index is 0.000000109. The Morgan fingerprint density at radius 1 is 0.317 bits per heavy atom. The van der Waals surface area contributed by atoms with Gasteiger partial charge in [0.05, 0.1) is 16.6 Å². The summed E-state index contributed by atoms with van der Waals surface area (Å²) in [6.07, 6.45) is 5.49. The number of fused-ring (bicyclic) bond motifs is 23. The molecule has 0 N–H and O–H groups in total. The van der Waals surface area contributed by atoms with Crippen molar-refractivity contribution in [2.24, 2.45) is 27.1 Å². The van der Waals surface area contributed by atoms with Crippen LogP contribution in [-0.4, -0.2) is 20.7 Å². The summed E-state index contributed by atoms with van der Waals surface area (Å²) in [5.41, 5.74) is 23.7. The number of benzene rings is 14. The zero-order valence-electron chi connectivity index (χ0n) is 62.4. The second-order valence-electron chi connectivity index (χ2n) is 30.2. The first-order valence-corrected chi connectivity index (χ1v) is 37.3. The summed E-state index contributed by atoms with van der Waals surface area (Å²) in [7, 11) is 8.83. The minimum atomic E-state index is 0.123. The van der Waals surface area contributed by atoms with Crippen molar-refractivity contribution in [3.63, 3.8) is 0 Å². The molecule has 4 nitrogen and oxygen atoms in total. The molecule has 0 radical (unpaired) electrons. The van der Waals surface area contributed by atoms with Crippen molar-refractivity contribution in [3.8, 4) is 0 Å². The summed E-state index contributed by atoms with van der Waals surface area (Å²) in [6.45, 7) is 27.3. The third-order valence-electron chi connectivity index (χ3n) is 23.1. The first-order valence-electron chi connectivity index (χ1n) is 37.3. The first kappa shape index (κ1) is 66.7. The van der Waals surface area contributed by atoms with Gasteiger partial charge in [-0.1, -0.05) is 262 Å². The molecular weight excluding hydrogens is 1220 g/mol. The average Bonchev–Trinajstić information content (AvgIpc) is 1.65. The molecular formula is C97H98N4. The predicted octanol–water partition coefficient (Wildman–Crippen LogP) is 27.0. The van der Waals surface area contributed by atoms with E-state index >= 15 is 0 Å². The van der Waals surface area contributed by atoms with Crippen LogP contribution in [0.3, 0.4) is 0 Å². The van der Waals surface area contributed by atoms with Gasteiger partial charge in [-0.05, 0) is 194 Å². The Kier molecular flexibility index (Phi) is 17.4. The molecule has 0 saturated carbocycles. The molecule has 4 heteroatoms. The molecule has 3 aromatic heterocycles. The Morgan fingerprint density at radius 2 is 0.752 bits per heavy atom. The summed E-state index contributed by atoms with van der Waals surface area (Å²) in [5, 5.41) is 24.5. The van der Waals surface area contributed by atoms with Crippen molar-refractivity contribution in [1.82, 2.24) is 13.7 Å². The molecule has 101 heavy (non-hydrogen) atoms. The highest BCUT2D eigenvalue weighted by atomic mass is 15.1. The van der Waals surface area contributed by atoms with Crippen LogP contribution in [0.15, 0.2) is 224 Å². The summed E-state index contributed by atoms with van der Waals surface area (Å²) in [4.78, 5) is 2.41. The van der Waals surface area contributed by atoms with Crippen molar-refractivity contribution in [3.05, 3.63) is 275 Å². The molecule has 0 atom stereocenters. The van der Waals surface area contributed by atoms with E-state index in [0.717, 1.165) is 32.1 Å². The Hall–Kier alpha value is -10.2. The number of rotatable bonds is 8. The van der Waals surface area contributed by atoms with Crippen molar-refractivity contribution in [2.75, 3.05) is 11.9 Å². The van der Waals surface area contributed by atoms with E-state index in [1.165, 1.54) is 191 Å². The van der Waals surface area contributed by atoms with Crippen LogP contribution in [0.2, 0.25) is 0 Å². The van der Waals surface area contributed by atoms with Gasteiger partial charge in [-0.3, -0.25) is 0 Å². The molecule has 1 aliphatic rings. The van der Waals surface area contributed by atoms with Crippen LogP contribution in [0.1, 0.15) is 144 Å². The van der Waals surface area contributed by atoms with Gasteiger partial charge < -0.3 is 18.6 Å². The highest BCUT2D eigenvalue weighted by Gasteiger charge is 2.40. The number of anilines is 2. The molecule has 17 aromatic rings. The standard InChI is InChI=1S/2C25H23N.C24H33N.C23H19N/c1-16(2)14-18-15-22-24-20-10-5-4-8-17(20)12-13-23(24)26(3)25(22)21-11-7-6-9-19(18)21;1-4-16-14-22-24-20-12-8-6-10-18(20)17(5-2)15-23(24)26(3)25(22)21-13-9-7-11-19(16)21;1-8-24(9-2)20-12-10-19(17(5)6)15-23(20)25(7)22-13-11-18(16(3)4)14-21(22)24;1-14-4-8-18-16(12-14)7-11-21-22(18)20-10-6-17-13-15(2)5-9-19(17)23(20)24(21)3/h4-13,15-16H,14H2,1-3H3;6-15H,4-5H2,1-3H3;10-17H,8-9H2,1-7H3;4-13H,1-3H3. The van der Waals surface area contributed by atoms with Crippen molar-refractivity contribution in [1.29, 1.82) is 0 Å². The average molecular weight is 1320 g/mol. The van der Waals surface area contributed by atoms with Gasteiger partial charge in [-0.25, -0.2) is 0 Å². The normalized spacial score (nSPS) is 12.9. The fraction of sp³-hybridized carbons (Fsp3) is 0.258. The third kappa shape index (κ3) is 11.0. The van der Waals surface area contributed by atoms with Crippen molar-refractivity contribution >= 4 is 141 Å². The van der Waals surface area contributed by atoms with E-state index in [1.807, 2.05) is 0 Å². The Morgan fingerprint density at radius 3 is 1.35 bits per heavy atom. The topological polar surface area (TPSA) is 18.0 Å². The van der Waals surface area contributed by atoms with E-state index in [0.29, 0.717) is 17.8 Å². The molecule has 1 aliphatic heterocycles. The van der Waals surface area contributed by atoms with Gasteiger partial charge in [0.25, 0.3) is 0 Å². The molecule has 506 valence electrons. The fourth-order valence-electron chi connectivity index (χ4n) is 17.8. The Bertz CT molecular complexity index is 6110. The number of nitrogens with zero attached hydrogens (tertiary/aromatic N) is 4. The Labute approximate surface area is 597 Å². The van der Waals surface area contributed by atoms with Crippen LogP contribution in [0, 0.1) is 19.8 Å². The number of aromatic nitrogens is 3. The molecule has 0 unspecified atom stereocenters. The molecule has 0 saturated heterocycles. The largest absolute Gasteiger partial charge is 0.344 e. The van der Waals surface area contributed by atoms with E-state index < -0.39 is 0 Å². The molecule has 0 fully saturated rings. The van der Waals surface area contributed by atoms with Gasteiger partial charge >= 0.3 is 0 Å². The highest BCUT2D eigenvalue weighted by Crippen LogP contribution is 2.53. The molecule has 18 rings (SSSR count). The zero-order valence-corrected chi connectivity index (χ0v) is 62.4. The van der Waals surface area contributed by atoms with Crippen LogP contribution in [-0.2, 0) is 45.8 Å². The maximum Gasteiger partial charge on any atom is 0.0568 e. The van der Waals surface area contributed by atoms with E-state index in [-0.39, 0.29) is 5.41 Å². The second-order valence-corrected chi connectivity index (χ2v) is 30.2. The van der Waals surface area contributed by atoms with Gasteiger partial charge in [-0.2, -0.15) is 0 Å². The highest BCUT2D eigenvalue weighted by molar-refractivity contribution is 6.28. The summed E-state index contributed by atoms with van der Waals surface area (Å²) >= 11 is 0. The van der Waals surface area contributed by atoms with Gasteiger partial charge in [0.15, 0.2) is 0 Å². The van der Waals surface area contributed by atoms with Crippen LogP contribution >= 0.6 is 0 Å². The zero-order chi connectivity index (χ0) is 70.4. The van der Waals surface area contributed by atoms with E-state index in [9.17, 15) is 0 Å². The molecule has 0 aliphatic carbocycles. The maximum absolute atomic E-state index is 2.47. The lowest BCUT2D eigenvalue weighted by molar-refractivity contribution is 0.472. The lowest BCUT2D eigenvalue weighted by Crippen LogP contribution is -2.35. The van der Waals surface area contributed by atoms with Crippen LogP contribution in [0.5, 0.6) is 0 Å². The van der Waals surface area contributed by atoms with Gasteiger partial charge in [0, 0.05) is 110 Å². The van der Waals surface area contributed by atoms with E-state index in [1.54, 1.807) is 0 Å². The summed E-state index contributed by atoms with van der Waals surface area (Å²) < 4.78 is 7.12. The smallest absolute Gasteiger partial charge is 0.0568 e. The van der Waals surface area contributed by atoms with Crippen LogP contribution in [0.25, 0.3) is 130 Å². The quantitative estimate of drug-likeness (QED) is 0.148. The van der Waals surface area contributed by atoms with E-state index in [4.69, 9.17) is 0 Å². The first-order chi connectivity index (χ1) is 48.9. The lowest BCUT2D eigenvalue weighted by Gasteiger charge is -2.44. The van der Waals surface area contributed by atoms with Gasteiger partial charge in [-0.15, -0.1) is 0 Å². The molecule has 0 amide bonds. The minimum absolute atomic E-state index is 0.123. The third-order valence-corrected chi connectivity index (χ3v) is 23.1. The van der Waals surface area contributed by atoms with Gasteiger partial charge in [0.1, 0.15) is 0 Å². The maximum atomic E-state index is 2.47. The fourth-order valence-corrected chi connectivity index (χ4v) is 17.8. The number of hydrogen-bond acceptors (Lipinski definition) is 1. The predicted molar refractivity (Wildman–Crippen MR) is 444 cm³/mol. The summed E-state index contributed by atoms with van der Waals surface area (Å²) in [5.74, 6) is 1.76. The molecule has 0 bridgehead atoms. The van der Waals surface area contributed by atoms with Crippen molar-refractivity contribution < 1.29 is 0 Å². The van der Waals surface area contributed by atoms with E-state index in [2.05, 4.69) is 354 Å². The van der Waals surface area contributed by atoms with Gasteiger partial charge in [0.2, 0.25) is 0 Å². The van der Waals surface area contributed by atoms with Crippen LogP contribution in [0.4, 0.5) is 11.4 Å². The molecule has 0 spiro atoms.